The molecule has 0 radical (unpaired) electrons. The minimum Gasteiger partial charge on any atom is -0.379 e. The van der Waals surface area contributed by atoms with E-state index in [1.54, 1.807) is 0 Å². The van der Waals surface area contributed by atoms with E-state index < -0.39 is 10.2 Å². The van der Waals surface area contributed by atoms with Crippen LogP contribution in [0.1, 0.15) is 31.5 Å². The Balaban J connectivity index is 1.96. The highest BCUT2D eigenvalue weighted by molar-refractivity contribution is 7.87. The smallest absolute Gasteiger partial charge is 0.279 e. The van der Waals surface area contributed by atoms with Crippen molar-refractivity contribution in [2.45, 2.75) is 32.7 Å². The molecule has 0 unspecified atom stereocenters. The van der Waals surface area contributed by atoms with Crippen molar-refractivity contribution in [3.05, 3.63) is 16.1 Å². The van der Waals surface area contributed by atoms with Crippen LogP contribution >= 0.6 is 11.3 Å². The van der Waals surface area contributed by atoms with Crippen LogP contribution in [-0.2, 0) is 26.9 Å². The van der Waals surface area contributed by atoms with E-state index in [1.807, 2.05) is 5.38 Å². The summed E-state index contributed by atoms with van der Waals surface area (Å²) in [5.74, 6) is 0. The van der Waals surface area contributed by atoms with Gasteiger partial charge in [-0.25, -0.2) is 4.98 Å². The summed E-state index contributed by atoms with van der Waals surface area (Å²) < 4.78 is 33.4. The van der Waals surface area contributed by atoms with Crippen molar-refractivity contribution in [1.82, 2.24) is 14.0 Å². The molecule has 1 fully saturated rings. The van der Waals surface area contributed by atoms with Crippen LogP contribution in [0.2, 0.25) is 0 Å². The van der Waals surface area contributed by atoms with Gasteiger partial charge < -0.3 is 4.74 Å². The molecular weight excluding hydrogens is 298 g/mol. The van der Waals surface area contributed by atoms with E-state index in [2.05, 4.69) is 30.5 Å². The third-order valence-corrected chi connectivity index (χ3v) is 5.44. The number of hydrogen-bond donors (Lipinski definition) is 1. The van der Waals surface area contributed by atoms with E-state index in [4.69, 9.17) is 4.74 Å². The second-order valence-electron chi connectivity index (χ2n) is 5.71. The molecule has 20 heavy (non-hydrogen) atoms. The summed E-state index contributed by atoms with van der Waals surface area (Å²) in [6, 6.07) is 0. The lowest BCUT2D eigenvalue weighted by Crippen LogP contribution is -2.46. The quantitative estimate of drug-likeness (QED) is 0.902. The van der Waals surface area contributed by atoms with Crippen molar-refractivity contribution in [1.29, 1.82) is 0 Å². The summed E-state index contributed by atoms with van der Waals surface area (Å²) in [7, 11) is -3.44. The van der Waals surface area contributed by atoms with Gasteiger partial charge in [-0.1, -0.05) is 20.8 Å². The predicted molar refractivity (Wildman–Crippen MR) is 79.0 cm³/mol. The lowest BCUT2D eigenvalue weighted by atomic mass is 9.93. The second kappa shape index (κ2) is 6.07. The molecular formula is C12H21N3O3S2. The lowest BCUT2D eigenvalue weighted by Gasteiger charge is -2.25. The van der Waals surface area contributed by atoms with Gasteiger partial charge >= 0.3 is 0 Å². The van der Waals surface area contributed by atoms with Gasteiger partial charge in [0.2, 0.25) is 0 Å². The summed E-state index contributed by atoms with van der Waals surface area (Å²) in [5.41, 5.74) is 0.973. The molecule has 0 atom stereocenters. The highest BCUT2D eigenvalue weighted by Crippen LogP contribution is 2.23. The zero-order chi connectivity index (χ0) is 14.8. The van der Waals surface area contributed by atoms with Gasteiger partial charge in [0.05, 0.1) is 25.5 Å². The largest absolute Gasteiger partial charge is 0.379 e. The standard InChI is InChI=1S/C12H21N3O3S2/c1-12(2,3)10-9-19-11(14-10)8-13-20(16,17)15-4-6-18-7-5-15/h9,13H,4-8H2,1-3H3. The first-order valence-corrected chi connectivity index (χ1v) is 8.88. The molecule has 1 N–H and O–H groups in total. The number of ether oxygens (including phenoxy) is 1. The van der Waals surface area contributed by atoms with E-state index in [0.717, 1.165) is 10.7 Å². The first kappa shape index (κ1) is 15.8. The molecule has 0 aliphatic carbocycles. The summed E-state index contributed by atoms with van der Waals surface area (Å²) in [6.45, 7) is 8.21. The van der Waals surface area contributed by atoms with Gasteiger partial charge in [-0.05, 0) is 0 Å². The molecule has 1 aliphatic heterocycles. The van der Waals surface area contributed by atoms with Gasteiger partial charge in [0.25, 0.3) is 10.2 Å². The maximum atomic E-state index is 12.1. The van der Waals surface area contributed by atoms with Crippen LogP contribution in [0.4, 0.5) is 0 Å². The number of rotatable bonds is 4. The Morgan fingerprint density at radius 1 is 1.40 bits per heavy atom. The molecule has 8 heteroatoms. The molecule has 1 aromatic rings. The van der Waals surface area contributed by atoms with E-state index in [1.165, 1.54) is 15.6 Å². The summed E-state index contributed by atoms with van der Waals surface area (Å²) in [6.07, 6.45) is 0. The Kier molecular flexibility index (Phi) is 4.80. The van der Waals surface area contributed by atoms with Crippen molar-refractivity contribution >= 4 is 21.5 Å². The molecule has 1 aromatic heterocycles. The maximum Gasteiger partial charge on any atom is 0.279 e. The topological polar surface area (TPSA) is 71.5 Å². The number of nitrogens with zero attached hydrogens (tertiary/aromatic N) is 2. The van der Waals surface area contributed by atoms with E-state index in [9.17, 15) is 8.42 Å². The van der Waals surface area contributed by atoms with Crippen molar-refractivity contribution in [3.63, 3.8) is 0 Å². The Hall–Kier alpha value is -0.540. The Morgan fingerprint density at radius 2 is 2.05 bits per heavy atom. The van der Waals surface area contributed by atoms with E-state index in [-0.39, 0.29) is 12.0 Å². The monoisotopic (exact) mass is 319 g/mol. The molecule has 114 valence electrons. The first-order valence-electron chi connectivity index (χ1n) is 6.56. The van der Waals surface area contributed by atoms with Crippen LogP contribution in [0.3, 0.4) is 0 Å². The van der Waals surface area contributed by atoms with Crippen LogP contribution in [0.15, 0.2) is 5.38 Å². The van der Waals surface area contributed by atoms with Gasteiger partial charge in [-0.3, -0.25) is 0 Å². The molecule has 1 saturated heterocycles. The van der Waals surface area contributed by atoms with Crippen molar-refractivity contribution in [3.8, 4) is 0 Å². The van der Waals surface area contributed by atoms with Crippen molar-refractivity contribution in [2.24, 2.45) is 0 Å². The fourth-order valence-corrected chi connectivity index (χ4v) is 3.95. The Morgan fingerprint density at radius 3 is 2.60 bits per heavy atom. The number of morpholine rings is 1. The molecule has 0 spiro atoms. The highest BCUT2D eigenvalue weighted by Gasteiger charge is 2.24. The van der Waals surface area contributed by atoms with Crippen molar-refractivity contribution in [2.75, 3.05) is 26.3 Å². The third kappa shape index (κ3) is 3.98. The zero-order valence-corrected chi connectivity index (χ0v) is 13.7. The summed E-state index contributed by atoms with van der Waals surface area (Å²) in [5, 5.41) is 2.77. The number of aromatic nitrogens is 1. The summed E-state index contributed by atoms with van der Waals surface area (Å²) in [4.78, 5) is 4.48. The van der Waals surface area contributed by atoms with Crippen LogP contribution in [-0.4, -0.2) is 44.0 Å². The fraction of sp³-hybridized carbons (Fsp3) is 0.750. The summed E-state index contributed by atoms with van der Waals surface area (Å²) >= 11 is 1.48. The third-order valence-electron chi connectivity index (χ3n) is 3.04. The Labute approximate surface area is 124 Å². The molecule has 0 bridgehead atoms. The molecule has 6 nitrogen and oxygen atoms in total. The average molecular weight is 319 g/mol. The first-order chi connectivity index (χ1) is 9.29. The van der Waals surface area contributed by atoms with Gasteiger partial charge in [0.15, 0.2) is 0 Å². The van der Waals surface area contributed by atoms with Crippen LogP contribution in [0.5, 0.6) is 0 Å². The van der Waals surface area contributed by atoms with Gasteiger partial charge in [-0.15, -0.1) is 11.3 Å². The maximum absolute atomic E-state index is 12.1. The molecule has 2 heterocycles. The Bertz CT molecular complexity index is 543. The fourth-order valence-electron chi connectivity index (χ4n) is 1.77. The number of thiazole rings is 1. The van der Waals surface area contributed by atoms with Gasteiger partial charge in [-0.2, -0.15) is 17.4 Å². The minimum absolute atomic E-state index is 0.0160. The zero-order valence-electron chi connectivity index (χ0n) is 12.0. The average Bonchev–Trinajstić information content (AvgIpc) is 2.86. The minimum atomic E-state index is -3.44. The lowest BCUT2D eigenvalue weighted by molar-refractivity contribution is 0.0725. The SMILES string of the molecule is CC(C)(C)c1csc(CNS(=O)(=O)N2CCOCC2)n1. The molecule has 1 aliphatic rings. The van der Waals surface area contributed by atoms with Gasteiger partial charge in [0.1, 0.15) is 5.01 Å². The van der Waals surface area contributed by atoms with E-state index in [0.29, 0.717) is 26.3 Å². The highest BCUT2D eigenvalue weighted by atomic mass is 32.2. The molecule has 2 rings (SSSR count). The second-order valence-corrected chi connectivity index (χ2v) is 8.41. The molecule has 0 aromatic carbocycles. The molecule has 0 saturated carbocycles. The van der Waals surface area contributed by atoms with Gasteiger partial charge in [0, 0.05) is 23.9 Å². The molecule has 0 amide bonds. The normalized spacial score (nSPS) is 18.4. The predicted octanol–water partition coefficient (Wildman–Crippen LogP) is 1.11. The van der Waals surface area contributed by atoms with Crippen LogP contribution < -0.4 is 4.72 Å². The van der Waals surface area contributed by atoms with Crippen LogP contribution in [0, 0.1) is 0 Å². The van der Waals surface area contributed by atoms with Crippen molar-refractivity contribution < 1.29 is 13.2 Å². The number of hydrogen-bond acceptors (Lipinski definition) is 5. The number of nitrogens with one attached hydrogen (secondary N) is 1. The van der Waals surface area contributed by atoms with Crippen LogP contribution in [0.25, 0.3) is 0 Å². The van der Waals surface area contributed by atoms with E-state index >= 15 is 0 Å².